The van der Waals surface area contributed by atoms with E-state index in [4.69, 9.17) is 0 Å². The van der Waals surface area contributed by atoms with Gasteiger partial charge in [0.1, 0.15) is 0 Å². The van der Waals surface area contributed by atoms with Crippen molar-refractivity contribution in [2.45, 2.75) is 25.9 Å². The predicted molar refractivity (Wildman–Crippen MR) is 104 cm³/mol. The maximum atomic E-state index is 12.6. The van der Waals surface area contributed by atoms with Gasteiger partial charge in [-0.2, -0.15) is 10.2 Å². The highest BCUT2D eigenvalue weighted by Crippen LogP contribution is 2.26. The Balaban J connectivity index is 1.46. The van der Waals surface area contributed by atoms with Crippen molar-refractivity contribution in [2.75, 3.05) is 11.9 Å². The van der Waals surface area contributed by atoms with Crippen molar-refractivity contribution in [3.8, 4) is 0 Å². The molecule has 8 heteroatoms. The van der Waals surface area contributed by atoms with Crippen LogP contribution in [-0.4, -0.2) is 42.8 Å². The Morgan fingerprint density at radius 2 is 2.00 bits per heavy atom. The van der Waals surface area contributed by atoms with Crippen LogP contribution in [0.15, 0.2) is 48.8 Å². The summed E-state index contributed by atoms with van der Waals surface area (Å²) >= 11 is 0. The van der Waals surface area contributed by atoms with Crippen LogP contribution in [0, 0.1) is 0 Å². The quantitative estimate of drug-likeness (QED) is 0.734. The standard InChI is InChI=1S/C20H22N6O2/c1-24-17-8-12-25(18(27)9-13-26-11-5-10-21-26)14-16(17)19(23-24)22-20(28)15-6-3-2-4-7-15/h2-7,10-11H,8-9,12-14H2,1H3,(H,22,23,28). The first-order chi connectivity index (χ1) is 13.6. The highest BCUT2D eigenvalue weighted by molar-refractivity contribution is 6.04. The lowest BCUT2D eigenvalue weighted by atomic mass is 10.1. The van der Waals surface area contributed by atoms with E-state index in [-0.39, 0.29) is 11.8 Å². The third-order valence-electron chi connectivity index (χ3n) is 4.98. The molecule has 0 radical (unpaired) electrons. The van der Waals surface area contributed by atoms with Gasteiger partial charge in [-0.25, -0.2) is 0 Å². The van der Waals surface area contributed by atoms with E-state index in [2.05, 4.69) is 15.5 Å². The number of aromatic nitrogens is 4. The SMILES string of the molecule is Cn1nc(NC(=O)c2ccccc2)c2c1CCN(C(=O)CCn1cccn1)C2. The Labute approximate surface area is 162 Å². The fraction of sp³-hybridized carbons (Fsp3) is 0.300. The molecule has 0 unspecified atom stereocenters. The summed E-state index contributed by atoms with van der Waals surface area (Å²) in [6, 6.07) is 10.9. The third kappa shape index (κ3) is 3.66. The molecule has 0 spiro atoms. The number of hydrogen-bond donors (Lipinski definition) is 1. The molecule has 1 N–H and O–H groups in total. The molecule has 3 aromatic rings. The molecule has 8 nitrogen and oxygen atoms in total. The number of anilines is 1. The molecule has 0 fully saturated rings. The summed E-state index contributed by atoms with van der Waals surface area (Å²) in [6.45, 7) is 1.65. The van der Waals surface area contributed by atoms with Gasteiger partial charge in [0.2, 0.25) is 5.91 Å². The van der Waals surface area contributed by atoms with Gasteiger partial charge < -0.3 is 10.2 Å². The number of carbonyl (C=O) groups excluding carboxylic acids is 2. The zero-order chi connectivity index (χ0) is 19.5. The number of hydrogen-bond acceptors (Lipinski definition) is 4. The molecular weight excluding hydrogens is 356 g/mol. The average molecular weight is 378 g/mol. The topological polar surface area (TPSA) is 85.0 Å². The van der Waals surface area contributed by atoms with Gasteiger partial charge in [-0.15, -0.1) is 0 Å². The number of aryl methyl sites for hydroxylation is 2. The summed E-state index contributed by atoms with van der Waals surface area (Å²) in [5.41, 5.74) is 2.54. The molecule has 1 aliphatic heterocycles. The molecule has 1 aromatic carbocycles. The minimum Gasteiger partial charge on any atom is -0.338 e. The van der Waals surface area contributed by atoms with E-state index in [1.807, 2.05) is 42.4 Å². The van der Waals surface area contributed by atoms with Crippen LogP contribution in [-0.2, 0) is 31.4 Å². The Hall–Kier alpha value is -3.42. The van der Waals surface area contributed by atoms with Crippen LogP contribution in [0.2, 0.25) is 0 Å². The summed E-state index contributed by atoms with van der Waals surface area (Å²) in [5.74, 6) is 0.393. The predicted octanol–water partition coefficient (Wildman–Crippen LogP) is 1.84. The number of amides is 2. The van der Waals surface area contributed by atoms with Crippen LogP contribution in [0.25, 0.3) is 0 Å². The minimum absolute atomic E-state index is 0.0744. The maximum absolute atomic E-state index is 12.6. The van der Waals surface area contributed by atoms with Crippen LogP contribution in [0.1, 0.15) is 28.0 Å². The summed E-state index contributed by atoms with van der Waals surface area (Å²) < 4.78 is 3.55. The second kappa shape index (κ2) is 7.67. The van der Waals surface area contributed by atoms with Crippen LogP contribution in [0.4, 0.5) is 5.82 Å². The Bertz CT molecular complexity index is 978. The van der Waals surface area contributed by atoms with E-state index in [0.29, 0.717) is 43.9 Å². The average Bonchev–Trinajstić information content (AvgIpc) is 3.35. The van der Waals surface area contributed by atoms with Gasteiger partial charge in [0.15, 0.2) is 5.82 Å². The van der Waals surface area contributed by atoms with E-state index in [1.54, 1.807) is 27.7 Å². The number of rotatable bonds is 5. The van der Waals surface area contributed by atoms with Gasteiger partial charge in [-0.1, -0.05) is 18.2 Å². The fourth-order valence-electron chi connectivity index (χ4n) is 3.48. The molecule has 28 heavy (non-hydrogen) atoms. The number of benzene rings is 1. The summed E-state index contributed by atoms with van der Waals surface area (Å²) in [6.07, 6.45) is 4.66. The number of fused-ring (bicyclic) bond motifs is 1. The highest BCUT2D eigenvalue weighted by Gasteiger charge is 2.27. The third-order valence-corrected chi connectivity index (χ3v) is 4.98. The van der Waals surface area contributed by atoms with Gasteiger partial charge in [0, 0.05) is 62.2 Å². The van der Waals surface area contributed by atoms with Crippen LogP contribution >= 0.6 is 0 Å². The largest absolute Gasteiger partial charge is 0.338 e. The summed E-state index contributed by atoms with van der Waals surface area (Å²) in [4.78, 5) is 27.0. The van der Waals surface area contributed by atoms with Crippen molar-refractivity contribution < 1.29 is 9.59 Å². The van der Waals surface area contributed by atoms with E-state index < -0.39 is 0 Å². The number of nitrogens with one attached hydrogen (secondary N) is 1. The van der Waals surface area contributed by atoms with E-state index in [9.17, 15) is 9.59 Å². The van der Waals surface area contributed by atoms with Crippen molar-refractivity contribution >= 4 is 17.6 Å². The molecule has 2 aromatic heterocycles. The van der Waals surface area contributed by atoms with Crippen molar-refractivity contribution in [2.24, 2.45) is 7.05 Å². The van der Waals surface area contributed by atoms with Crippen LogP contribution in [0.5, 0.6) is 0 Å². The van der Waals surface area contributed by atoms with Gasteiger partial charge >= 0.3 is 0 Å². The van der Waals surface area contributed by atoms with Gasteiger partial charge in [0.05, 0.1) is 6.54 Å². The first-order valence-electron chi connectivity index (χ1n) is 9.28. The molecule has 144 valence electrons. The van der Waals surface area contributed by atoms with Crippen LogP contribution < -0.4 is 5.32 Å². The smallest absolute Gasteiger partial charge is 0.256 e. The molecular formula is C20H22N6O2. The Kier molecular flexibility index (Phi) is 4.92. The summed E-state index contributed by atoms with van der Waals surface area (Å²) in [7, 11) is 1.87. The molecule has 0 saturated heterocycles. The highest BCUT2D eigenvalue weighted by atomic mass is 16.2. The molecule has 0 bridgehead atoms. The first-order valence-corrected chi connectivity index (χ1v) is 9.28. The van der Waals surface area contributed by atoms with Crippen molar-refractivity contribution in [3.63, 3.8) is 0 Å². The number of nitrogens with zero attached hydrogens (tertiary/aromatic N) is 5. The first kappa shape index (κ1) is 18.0. The Morgan fingerprint density at radius 3 is 2.75 bits per heavy atom. The second-order valence-corrected chi connectivity index (χ2v) is 6.80. The molecule has 0 aliphatic carbocycles. The Morgan fingerprint density at radius 1 is 1.18 bits per heavy atom. The van der Waals surface area contributed by atoms with E-state index in [0.717, 1.165) is 11.3 Å². The lowest BCUT2D eigenvalue weighted by Crippen LogP contribution is -2.37. The lowest BCUT2D eigenvalue weighted by Gasteiger charge is -2.27. The summed E-state index contributed by atoms with van der Waals surface area (Å²) in [5, 5.41) is 11.5. The fourth-order valence-corrected chi connectivity index (χ4v) is 3.48. The molecule has 0 saturated carbocycles. The molecule has 1 aliphatic rings. The van der Waals surface area contributed by atoms with Crippen LogP contribution in [0.3, 0.4) is 0 Å². The molecule has 0 atom stereocenters. The minimum atomic E-state index is -0.205. The maximum Gasteiger partial charge on any atom is 0.256 e. The monoisotopic (exact) mass is 378 g/mol. The normalized spacial score (nSPS) is 13.2. The van der Waals surface area contributed by atoms with Crippen molar-refractivity contribution in [1.29, 1.82) is 0 Å². The molecule has 4 rings (SSSR count). The van der Waals surface area contributed by atoms with Gasteiger partial charge in [0.25, 0.3) is 5.91 Å². The second-order valence-electron chi connectivity index (χ2n) is 6.80. The number of carbonyl (C=O) groups is 2. The zero-order valence-electron chi connectivity index (χ0n) is 15.7. The lowest BCUT2D eigenvalue weighted by molar-refractivity contribution is -0.132. The van der Waals surface area contributed by atoms with E-state index >= 15 is 0 Å². The van der Waals surface area contributed by atoms with Crippen molar-refractivity contribution in [3.05, 3.63) is 65.6 Å². The zero-order valence-corrected chi connectivity index (χ0v) is 15.7. The van der Waals surface area contributed by atoms with Crippen molar-refractivity contribution in [1.82, 2.24) is 24.5 Å². The molecule has 2 amide bonds. The van der Waals surface area contributed by atoms with Gasteiger partial charge in [-0.05, 0) is 18.2 Å². The van der Waals surface area contributed by atoms with E-state index in [1.165, 1.54) is 0 Å². The van der Waals surface area contributed by atoms with Gasteiger partial charge in [-0.3, -0.25) is 19.0 Å². The molecule has 3 heterocycles.